The van der Waals surface area contributed by atoms with E-state index in [1.165, 1.54) is 6.26 Å². The van der Waals surface area contributed by atoms with Crippen LogP contribution in [0.2, 0.25) is 0 Å². The molecule has 1 N–H and O–H groups in total. The van der Waals surface area contributed by atoms with Crippen LogP contribution in [0.25, 0.3) is 21.9 Å². The predicted octanol–water partition coefficient (Wildman–Crippen LogP) is 5.70. The van der Waals surface area contributed by atoms with Crippen molar-refractivity contribution in [1.82, 2.24) is 5.32 Å². The van der Waals surface area contributed by atoms with Crippen LogP contribution in [0.4, 0.5) is 0 Å². The molecule has 4 rings (SSSR count). The van der Waals surface area contributed by atoms with Crippen molar-refractivity contribution < 1.29 is 22.6 Å². The Morgan fingerprint density at radius 2 is 1.51 bits per heavy atom. The molecule has 0 aliphatic rings. The Balaban J connectivity index is 1.70. The van der Waals surface area contributed by atoms with E-state index < -0.39 is 9.84 Å². The van der Waals surface area contributed by atoms with Gasteiger partial charge in [0.2, 0.25) is 0 Å². The van der Waals surface area contributed by atoms with Gasteiger partial charge in [-0.3, -0.25) is 0 Å². The molecule has 0 bridgehead atoms. The summed E-state index contributed by atoms with van der Waals surface area (Å²) in [6, 6.07) is 24.2. The molecule has 0 heterocycles. The van der Waals surface area contributed by atoms with Gasteiger partial charge in [-0.1, -0.05) is 25.1 Å². The van der Waals surface area contributed by atoms with Crippen molar-refractivity contribution in [3.63, 3.8) is 0 Å². The van der Waals surface area contributed by atoms with Gasteiger partial charge in [0.15, 0.2) is 9.84 Å². The van der Waals surface area contributed by atoms with Crippen LogP contribution in [-0.4, -0.2) is 41.5 Å². The highest BCUT2D eigenvalue weighted by Gasteiger charge is 2.15. The summed E-state index contributed by atoms with van der Waals surface area (Å²) in [6.45, 7) is 4.35. The van der Waals surface area contributed by atoms with E-state index in [1.807, 2.05) is 54.6 Å². The highest BCUT2D eigenvalue weighted by Crippen LogP contribution is 2.41. The molecule has 0 radical (unpaired) electrons. The Bertz CT molecular complexity index is 1400. The average molecular weight is 492 g/mol. The second-order valence-electron chi connectivity index (χ2n) is 8.10. The zero-order valence-corrected chi connectivity index (χ0v) is 20.9. The number of benzene rings is 4. The van der Waals surface area contributed by atoms with Crippen LogP contribution < -0.4 is 19.5 Å². The second kappa shape index (κ2) is 10.8. The lowest BCUT2D eigenvalue weighted by atomic mass is 9.99. The van der Waals surface area contributed by atoms with E-state index in [0.29, 0.717) is 18.1 Å². The van der Waals surface area contributed by atoms with E-state index in [4.69, 9.17) is 14.2 Å². The molecule has 0 spiro atoms. The molecule has 35 heavy (non-hydrogen) atoms. The third kappa shape index (κ3) is 5.93. The Morgan fingerprint density at radius 1 is 0.829 bits per heavy atom. The van der Waals surface area contributed by atoms with Gasteiger partial charge in [-0.05, 0) is 78.2 Å². The van der Waals surface area contributed by atoms with Crippen LogP contribution in [0.5, 0.6) is 23.0 Å². The first-order valence-electron chi connectivity index (χ1n) is 11.4. The number of ether oxygens (including phenoxy) is 3. The highest BCUT2D eigenvalue weighted by atomic mass is 32.2. The van der Waals surface area contributed by atoms with Crippen LogP contribution in [-0.2, 0) is 9.84 Å². The van der Waals surface area contributed by atoms with Crippen molar-refractivity contribution in [3.05, 3.63) is 78.9 Å². The van der Waals surface area contributed by atoms with Gasteiger partial charge in [0.25, 0.3) is 0 Å². The van der Waals surface area contributed by atoms with Crippen molar-refractivity contribution in [2.24, 2.45) is 0 Å². The zero-order chi connectivity index (χ0) is 24.8. The molecule has 0 unspecified atom stereocenters. The lowest BCUT2D eigenvalue weighted by Gasteiger charge is -2.16. The van der Waals surface area contributed by atoms with Crippen LogP contribution in [0, 0.1) is 0 Å². The number of nitrogens with one attached hydrogen (secondary N) is 1. The number of hydrogen-bond donors (Lipinski definition) is 1. The molecule has 0 amide bonds. The van der Waals surface area contributed by atoms with E-state index in [2.05, 4.69) is 12.2 Å². The Hall–Kier alpha value is -3.55. The van der Waals surface area contributed by atoms with E-state index in [9.17, 15) is 8.42 Å². The molecule has 0 aromatic heterocycles. The molecular formula is C28H29NO5S. The first-order valence-corrected chi connectivity index (χ1v) is 13.3. The number of likely N-dealkylation sites (N-methyl/N-ethyl adjacent to an activating group) is 1. The fourth-order valence-corrected chi connectivity index (χ4v) is 4.40. The minimum Gasteiger partial charge on any atom is -0.497 e. The van der Waals surface area contributed by atoms with Crippen molar-refractivity contribution >= 4 is 20.6 Å². The quantitative estimate of drug-likeness (QED) is 0.287. The van der Waals surface area contributed by atoms with Gasteiger partial charge in [0.05, 0.1) is 12.0 Å². The maximum atomic E-state index is 11.9. The van der Waals surface area contributed by atoms with Gasteiger partial charge < -0.3 is 19.5 Å². The van der Waals surface area contributed by atoms with Gasteiger partial charge >= 0.3 is 0 Å². The van der Waals surface area contributed by atoms with E-state index in [-0.39, 0.29) is 4.90 Å². The third-order valence-corrected chi connectivity index (χ3v) is 6.74. The average Bonchev–Trinajstić information content (AvgIpc) is 2.87. The summed E-state index contributed by atoms with van der Waals surface area (Å²) in [5.41, 5.74) is 1.71. The topological polar surface area (TPSA) is 73.9 Å². The first kappa shape index (κ1) is 24.6. The van der Waals surface area contributed by atoms with Crippen LogP contribution in [0.3, 0.4) is 0 Å². The summed E-state index contributed by atoms with van der Waals surface area (Å²) >= 11 is 0. The number of rotatable bonds is 10. The van der Waals surface area contributed by atoms with Gasteiger partial charge in [0.1, 0.15) is 29.6 Å². The molecule has 6 nitrogen and oxygen atoms in total. The summed E-state index contributed by atoms with van der Waals surface area (Å²) in [4.78, 5) is 0.277. The summed E-state index contributed by atoms with van der Waals surface area (Å²) in [5, 5.41) is 5.12. The molecule has 0 atom stereocenters. The molecule has 0 aliphatic carbocycles. The fraction of sp³-hybridized carbons (Fsp3) is 0.214. The fourth-order valence-electron chi connectivity index (χ4n) is 3.76. The van der Waals surface area contributed by atoms with Crippen molar-refractivity contribution in [3.8, 4) is 34.1 Å². The normalized spacial score (nSPS) is 11.4. The molecule has 0 saturated carbocycles. The Labute approximate surface area is 206 Å². The molecule has 182 valence electrons. The standard InChI is InChI=1S/C28H29NO5S/c1-4-29-17-18-33-22-8-10-23(11-9-22)34-28-26(20-5-13-25(14-6-20)35(3,30)31)15-7-21-19-24(32-2)12-16-27(21)28/h5-16,19,29H,4,17-18H2,1-3H3. The Kier molecular flexibility index (Phi) is 7.58. The lowest BCUT2D eigenvalue weighted by molar-refractivity contribution is 0.315. The summed E-state index contributed by atoms with van der Waals surface area (Å²) < 4.78 is 41.4. The first-order chi connectivity index (χ1) is 16.9. The molecule has 0 saturated heterocycles. The predicted molar refractivity (Wildman–Crippen MR) is 140 cm³/mol. The van der Waals surface area contributed by atoms with Crippen molar-refractivity contribution in [2.45, 2.75) is 11.8 Å². The summed E-state index contributed by atoms with van der Waals surface area (Å²) in [6.07, 6.45) is 1.20. The molecular weight excluding hydrogens is 462 g/mol. The largest absolute Gasteiger partial charge is 0.497 e. The zero-order valence-electron chi connectivity index (χ0n) is 20.1. The lowest BCUT2D eigenvalue weighted by Crippen LogP contribution is -2.20. The second-order valence-corrected chi connectivity index (χ2v) is 10.1. The molecule has 4 aromatic rings. The summed E-state index contributed by atoms with van der Waals surface area (Å²) in [7, 11) is -1.64. The van der Waals surface area contributed by atoms with Crippen LogP contribution >= 0.6 is 0 Å². The molecule has 7 heteroatoms. The van der Waals surface area contributed by atoms with Gasteiger partial charge in [0, 0.05) is 23.8 Å². The molecule has 0 aliphatic heterocycles. The smallest absolute Gasteiger partial charge is 0.175 e. The van der Waals surface area contributed by atoms with Gasteiger partial charge in [-0.15, -0.1) is 0 Å². The summed E-state index contributed by atoms with van der Waals surface area (Å²) in [5.74, 6) is 2.88. The molecule has 4 aromatic carbocycles. The minimum absolute atomic E-state index is 0.277. The Morgan fingerprint density at radius 3 is 2.17 bits per heavy atom. The van der Waals surface area contributed by atoms with Crippen molar-refractivity contribution in [2.75, 3.05) is 33.1 Å². The van der Waals surface area contributed by atoms with Crippen LogP contribution in [0.15, 0.2) is 83.8 Å². The monoisotopic (exact) mass is 491 g/mol. The van der Waals surface area contributed by atoms with E-state index in [1.54, 1.807) is 31.4 Å². The van der Waals surface area contributed by atoms with Crippen LogP contribution in [0.1, 0.15) is 6.92 Å². The third-order valence-electron chi connectivity index (χ3n) is 5.61. The number of methoxy groups -OCH3 is 1. The van der Waals surface area contributed by atoms with E-state index in [0.717, 1.165) is 46.5 Å². The molecule has 0 fully saturated rings. The number of hydrogen-bond acceptors (Lipinski definition) is 6. The minimum atomic E-state index is -3.28. The maximum Gasteiger partial charge on any atom is 0.175 e. The van der Waals surface area contributed by atoms with Crippen molar-refractivity contribution in [1.29, 1.82) is 0 Å². The van der Waals surface area contributed by atoms with E-state index >= 15 is 0 Å². The van der Waals surface area contributed by atoms with Gasteiger partial charge in [-0.25, -0.2) is 8.42 Å². The highest BCUT2D eigenvalue weighted by molar-refractivity contribution is 7.90. The van der Waals surface area contributed by atoms with Gasteiger partial charge in [-0.2, -0.15) is 0 Å². The SMILES string of the molecule is CCNCCOc1ccc(Oc2c(-c3ccc(S(C)(=O)=O)cc3)ccc3cc(OC)ccc23)cc1. The number of sulfone groups is 1. The maximum absolute atomic E-state index is 11.9. The number of fused-ring (bicyclic) bond motifs is 1.